The van der Waals surface area contributed by atoms with Gasteiger partial charge in [-0.3, -0.25) is 14.5 Å². The van der Waals surface area contributed by atoms with Crippen LogP contribution in [0.4, 0.5) is 0 Å². The number of carbonyl (C=O) groups excluding carboxylic acids is 2. The van der Waals surface area contributed by atoms with Gasteiger partial charge in [-0.1, -0.05) is 43.9 Å². The summed E-state index contributed by atoms with van der Waals surface area (Å²) in [5.41, 5.74) is 1.04. The van der Waals surface area contributed by atoms with Crippen molar-refractivity contribution < 1.29 is 9.59 Å². The fraction of sp³-hybridized carbons (Fsp3) is 0.333. The summed E-state index contributed by atoms with van der Waals surface area (Å²) in [7, 11) is -1.11. The first-order valence-electron chi connectivity index (χ1n) is 6.50. The number of hydrogen-bond donors (Lipinski definition) is 0. The molecular formula is C15H19NO2Si. The fourth-order valence-corrected chi connectivity index (χ4v) is 2.90. The molecule has 0 atom stereocenters. The summed E-state index contributed by atoms with van der Waals surface area (Å²) < 4.78 is 0. The average molecular weight is 273 g/mol. The maximum absolute atomic E-state index is 12.1. The van der Waals surface area contributed by atoms with Gasteiger partial charge in [0, 0.05) is 14.6 Å². The van der Waals surface area contributed by atoms with Crippen molar-refractivity contribution in [3.63, 3.8) is 0 Å². The van der Waals surface area contributed by atoms with E-state index in [0.29, 0.717) is 17.7 Å². The molecule has 0 aromatic heterocycles. The molecule has 1 aliphatic heterocycles. The summed E-state index contributed by atoms with van der Waals surface area (Å²) >= 11 is 0. The third-order valence-electron chi connectivity index (χ3n) is 3.06. The number of allylic oxidation sites excluding steroid dienone is 1. The molecule has 2 rings (SSSR count). The molecule has 0 saturated carbocycles. The van der Waals surface area contributed by atoms with Crippen LogP contribution in [0.2, 0.25) is 25.7 Å². The summed E-state index contributed by atoms with van der Waals surface area (Å²) in [5.74, 6) is -0.364. The minimum atomic E-state index is -1.11. The second-order valence-corrected chi connectivity index (χ2v) is 11.5. The second-order valence-electron chi connectivity index (χ2n) is 6.00. The number of hydrogen-bond acceptors (Lipinski definition) is 2. The van der Waals surface area contributed by atoms with Gasteiger partial charge in [-0.05, 0) is 18.2 Å². The summed E-state index contributed by atoms with van der Waals surface area (Å²) in [6, 6.07) is 8.06. The van der Waals surface area contributed by atoms with Gasteiger partial charge in [0.1, 0.15) is 0 Å². The summed E-state index contributed by atoms with van der Waals surface area (Å²) in [4.78, 5) is 25.5. The number of carbonyl (C=O) groups is 2. The van der Waals surface area contributed by atoms with Gasteiger partial charge < -0.3 is 0 Å². The van der Waals surface area contributed by atoms with E-state index in [1.807, 2.05) is 6.08 Å². The zero-order valence-electron chi connectivity index (χ0n) is 11.6. The molecule has 19 heavy (non-hydrogen) atoms. The molecular weight excluding hydrogens is 254 g/mol. The quantitative estimate of drug-likeness (QED) is 0.480. The standard InChI is InChI=1S/C15H19NO2Si/c1-19(2,3)11-7-6-10-16-14(17)12-8-4-5-9-13(12)15(16)18/h4-9H,10-11H2,1-3H3/b7-6+. The maximum Gasteiger partial charge on any atom is 0.261 e. The number of nitrogens with zero attached hydrogens (tertiary/aromatic N) is 1. The van der Waals surface area contributed by atoms with E-state index in [0.717, 1.165) is 6.04 Å². The van der Waals surface area contributed by atoms with Gasteiger partial charge in [0.2, 0.25) is 0 Å². The summed E-state index contributed by atoms with van der Waals surface area (Å²) in [6.07, 6.45) is 4.02. The first kappa shape index (κ1) is 13.7. The van der Waals surface area contributed by atoms with Crippen molar-refractivity contribution >= 4 is 19.9 Å². The predicted molar refractivity (Wildman–Crippen MR) is 79.1 cm³/mol. The molecule has 1 aromatic rings. The van der Waals surface area contributed by atoms with Crippen molar-refractivity contribution in [2.45, 2.75) is 25.7 Å². The molecule has 4 heteroatoms. The molecule has 0 bridgehead atoms. The van der Waals surface area contributed by atoms with Gasteiger partial charge in [-0.25, -0.2) is 0 Å². The number of amides is 2. The molecule has 100 valence electrons. The van der Waals surface area contributed by atoms with Crippen LogP contribution in [0.3, 0.4) is 0 Å². The van der Waals surface area contributed by atoms with Crippen LogP contribution in [0.5, 0.6) is 0 Å². The lowest BCUT2D eigenvalue weighted by Crippen LogP contribution is -2.29. The topological polar surface area (TPSA) is 37.4 Å². The molecule has 0 N–H and O–H groups in total. The average Bonchev–Trinajstić information content (AvgIpc) is 2.58. The molecule has 0 fully saturated rings. The maximum atomic E-state index is 12.1. The highest BCUT2D eigenvalue weighted by Gasteiger charge is 2.34. The second kappa shape index (κ2) is 5.13. The van der Waals surface area contributed by atoms with Gasteiger partial charge in [0.05, 0.1) is 11.1 Å². The Morgan fingerprint density at radius 1 is 1.00 bits per heavy atom. The molecule has 2 amide bonds. The van der Waals surface area contributed by atoms with E-state index in [1.54, 1.807) is 24.3 Å². The largest absolute Gasteiger partial charge is 0.270 e. The van der Waals surface area contributed by atoms with Crippen LogP contribution < -0.4 is 0 Å². The van der Waals surface area contributed by atoms with Gasteiger partial charge in [0.15, 0.2) is 0 Å². The number of benzene rings is 1. The van der Waals surface area contributed by atoms with E-state index >= 15 is 0 Å². The van der Waals surface area contributed by atoms with E-state index in [2.05, 4.69) is 25.7 Å². The van der Waals surface area contributed by atoms with Gasteiger partial charge in [0.25, 0.3) is 11.8 Å². The van der Waals surface area contributed by atoms with Gasteiger partial charge in [-0.15, -0.1) is 0 Å². The molecule has 1 aromatic carbocycles. The zero-order valence-corrected chi connectivity index (χ0v) is 12.6. The minimum absolute atomic E-state index is 0.182. The van der Waals surface area contributed by atoms with Crippen LogP contribution in [-0.2, 0) is 0 Å². The van der Waals surface area contributed by atoms with Crippen LogP contribution in [0, 0.1) is 0 Å². The number of fused-ring (bicyclic) bond motifs is 1. The minimum Gasteiger partial charge on any atom is -0.270 e. The van der Waals surface area contributed by atoms with Crippen LogP contribution in [0.1, 0.15) is 20.7 Å². The number of imide groups is 1. The Bertz CT molecular complexity index is 508. The Morgan fingerprint density at radius 2 is 1.53 bits per heavy atom. The summed E-state index contributed by atoms with van der Waals surface area (Å²) in [5, 5.41) is 0. The molecule has 0 radical (unpaired) electrons. The molecule has 0 aliphatic carbocycles. The fourth-order valence-electron chi connectivity index (χ4n) is 2.02. The van der Waals surface area contributed by atoms with Crippen LogP contribution in [0.15, 0.2) is 36.4 Å². The van der Waals surface area contributed by atoms with E-state index < -0.39 is 8.07 Å². The zero-order chi connectivity index (χ0) is 14.0. The van der Waals surface area contributed by atoms with Crippen molar-refractivity contribution in [2.24, 2.45) is 0 Å². The SMILES string of the molecule is C[Si](C)(C)C/C=C/CN1C(=O)c2ccccc2C1=O. The Hall–Kier alpha value is -1.68. The Labute approximate surface area is 114 Å². The monoisotopic (exact) mass is 273 g/mol. The summed E-state index contributed by atoms with van der Waals surface area (Å²) in [6.45, 7) is 7.24. The molecule has 1 heterocycles. The first-order valence-corrected chi connectivity index (χ1v) is 10.2. The van der Waals surface area contributed by atoms with Crippen LogP contribution >= 0.6 is 0 Å². The Morgan fingerprint density at radius 3 is 2.00 bits per heavy atom. The van der Waals surface area contributed by atoms with Gasteiger partial charge >= 0.3 is 0 Å². The van der Waals surface area contributed by atoms with Crippen LogP contribution in [0.25, 0.3) is 0 Å². The lowest BCUT2D eigenvalue weighted by Gasteiger charge is -2.13. The Kier molecular flexibility index (Phi) is 3.71. The Balaban J connectivity index is 2.05. The van der Waals surface area contributed by atoms with Crippen molar-refractivity contribution in [2.75, 3.05) is 6.54 Å². The normalized spacial score (nSPS) is 15.4. The predicted octanol–water partition coefficient (Wildman–Crippen LogP) is 3.18. The molecule has 0 spiro atoms. The van der Waals surface area contributed by atoms with Crippen molar-refractivity contribution in [1.29, 1.82) is 0 Å². The van der Waals surface area contributed by atoms with Crippen molar-refractivity contribution in [3.05, 3.63) is 47.5 Å². The third kappa shape index (κ3) is 3.01. The molecule has 0 unspecified atom stereocenters. The van der Waals surface area contributed by atoms with Crippen molar-refractivity contribution in [3.8, 4) is 0 Å². The van der Waals surface area contributed by atoms with Gasteiger partial charge in [-0.2, -0.15) is 0 Å². The third-order valence-corrected chi connectivity index (χ3v) is 4.52. The number of rotatable bonds is 4. The lowest BCUT2D eigenvalue weighted by molar-refractivity contribution is 0.0672. The van der Waals surface area contributed by atoms with E-state index in [1.165, 1.54) is 4.90 Å². The molecule has 1 aliphatic rings. The molecule has 0 saturated heterocycles. The highest BCUT2D eigenvalue weighted by molar-refractivity contribution is 6.76. The van der Waals surface area contributed by atoms with E-state index in [4.69, 9.17) is 0 Å². The smallest absolute Gasteiger partial charge is 0.261 e. The highest BCUT2D eigenvalue weighted by Crippen LogP contribution is 2.22. The van der Waals surface area contributed by atoms with E-state index in [9.17, 15) is 9.59 Å². The van der Waals surface area contributed by atoms with Crippen molar-refractivity contribution in [1.82, 2.24) is 4.90 Å². The first-order chi connectivity index (χ1) is 8.90. The van der Waals surface area contributed by atoms with E-state index in [-0.39, 0.29) is 11.8 Å². The highest BCUT2D eigenvalue weighted by atomic mass is 28.3. The molecule has 3 nitrogen and oxygen atoms in total. The van der Waals surface area contributed by atoms with Crippen LogP contribution in [-0.4, -0.2) is 31.3 Å². The lowest BCUT2D eigenvalue weighted by atomic mass is 10.1.